The molecule has 0 amide bonds. The number of aromatic carboxylic acids is 1. The van der Waals surface area contributed by atoms with Crippen molar-refractivity contribution >= 4 is 5.97 Å². The van der Waals surface area contributed by atoms with Gasteiger partial charge in [-0.3, -0.25) is 0 Å². The van der Waals surface area contributed by atoms with Crippen molar-refractivity contribution < 1.29 is 33.3 Å². The molecule has 0 bridgehead atoms. The van der Waals surface area contributed by atoms with E-state index in [9.17, 15) is 4.79 Å². The predicted molar refractivity (Wildman–Crippen MR) is 69.9 cm³/mol. The number of carboxylic acids is 1. The van der Waals surface area contributed by atoms with Gasteiger partial charge in [0.15, 0.2) is 0 Å². The third-order valence-electron chi connectivity index (χ3n) is 2.50. The van der Waals surface area contributed by atoms with Gasteiger partial charge >= 0.3 is 71.6 Å². The number of carbonyl (C=O) groups is 1. The molecule has 0 radical (unpaired) electrons. The Labute approximate surface area is 122 Å². The number of hydrogen-bond donors (Lipinski definition) is 2. The van der Waals surface area contributed by atoms with E-state index in [1.165, 1.54) is 36.0 Å². The Morgan fingerprint density at radius 2 is 1.58 bits per heavy atom. The first-order valence-electron chi connectivity index (χ1n) is 5.91. The molecule has 0 aliphatic heterocycles. The Morgan fingerprint density at radius 1 is 1.05 bits per heavy atom. The van der Waals surface area contributed by atoms with Crippen molar-refractivity contribution in [1.82, 2.24) is 0 Å². The van der Waals surface area contributed by atoms with Crippen LogP contribution in [0.1, 0.15) is 27.4 Å². The van der Waals surface area contributed by atoms with Gasteiger partial charge in [-0.25, -0.2) is 4.79 Å². The average Bonchev–Trinajstić information content (AvgIpc) is 2.40. The standard InChI is InChI=1S/C8H9.C7H6O3.Zn/c1-2-8-6-4-3-5-7-8;8-6-4-2-1-3-5(6)7(9)10;/h2-7H,1H3;1-4,8H,(H,9,10);. The third kappa shape index (κ3) is 5.23. The van der Waals surface area contributed by atoms with Crippen LogP contribution in [0, 0.1) is 0 Å². The van der Waals surface area contributed by atoms with Crippen LogP contribution in [0.3, 0.4) is 0 Å². The summed E-state index contributed by atoms with van der Waals surface area (Å²) in [6.07, 6.45) is 0. The molecule has 1 atom stereocenters. The third-order valence-corrected chi connectivity index (χ3v) is 3.49. The molecule has 0 aliphatic carbocycles. The van der Waals surface area contributed by atoms with Crippen molar-refractivity contribution in [2.75, 3.05) is 0 Å². The van der Waals surface area contributed by atoms with Crippen LogP contribution in [0.5, 0.6) is 5.75 Å². The van der Waals surface area contributed by atoms with Gasteiger partial charge in [-0.2, -0.15) is 0 Å². The van der Waals surface area contributed by atoms with Crippen molar-refractivity contribution in [3.63, 3.8) is 0 Å². The maximum absolute atomic E-state index is 10.3. The van der Waals surface area contributed by atoms with Crippen molar-refractivity contribution in [3.05, 3.63) is 65.7 Å². The summed E-state index contributed by atoms with van der Waals surface area (Å²) in [5, 5.41) is 17.3. The maximum Gasteiger partial charge on any atom is 0.339 e. The normalized spacial score (nSPS) is 11.1. The summed E-state index contributed by atoms with van der Waals surface area (Å²) in [6, 6.07) is 16.4. The molecule has 0 spiro atoms. The van der Waals surface area contributed by atoms with Crippen LogP contribution >= 0.6 is 0 Å². The summed E-state index contributed by atoms with van der Waals surface area (Å²) in [7, 11) is 0. The largest absolute Gasteiger partial charge is 0.507 e. The quantitative estimate of drug-likeness (QED) is 0.836. The molecule has 2 N–H and O–H groups in total. The smallest absolute Gasteiger partial charge is 0.339 e. The minimum Gasteiger partial charge on any atom is -0.507 e. The second-order valence-corrected chi connectivity index (χ2v) is 6.70. The van der Waals surface area contributed by atoms with Crippen LogP contribution in [0.2, 0.25) is 0 Å². The molecule has 1 unspecified atom stereocenters. The molecule has 2 aromatic rings. The van der Waals surface area contributed by atoms with E-state index in [-0.39, 0.29) is 11.3 Å². The molecule has 0 aliphatic rings. The van der Waals surface area contributed by atoms with E-state index >= 15 is 0 Å². The summed E-state index contributed by atoms with van der Waals surface area (Å²) in [5.41, 5.74) is 1.40. The van der Waals surface area contributed by atoms with Crippen LogP contribution in [-0.4, -0.2) is 16.2 Å². The zero-order valence-corrected chi connectivity index (χ0v) is 13.8. The first-order valence-corrected chi connectivity index (χ1v) is 7.63. The maximum atomic E-state index is 10.3. The molecule has 19 heavy (non-hydrogen) atoms. The van der Waals surface area contributed by atoms with Crippen LogP contribution in [0.15, 0.2) is 54.6 Å². The van der Waals surface area contributed by atoms with E-state index in [2.05, 4.69) is 37.3 Å². The summed E-state index contributed by atoms with van der Waals surface area (Å²) < 4.78 is 0.784. The fourth-order valence-electron chi connectivity index (χ4n) is 1.44. The number of phenols is 1. The molecule has 2 rings (SSSR count). The molecule has 4 heteroatoms. The second kappa shape index (κ2) is 7.70. The van der Waals surface area contributed by atoms with E-state index in [0.717, 1.165) is 4.51 Å². The van der Waals surface area contributed by atoms with Gasteiger partial charge in [0.2, 0.25) is 0 Å². The zero-order chi connectivity index (χ0) is 14.3. The summed E-state index contributed by atoms with van der Waals surface area (Å²) >= 11 is 1.35. The van der Waals surface area contributed by atoms with E-state index in [0.29, 0.717) is 0 Å². The van der Waals surface area contributed by atoms with Crippen LogP contribution in [0.4, 0.5) is 0 Å². The summed E-state index contributed by atoms with van der Waals surface area (Å²) in [6.45, 7) is 2.26. The minimum absolute atomic E-state index is 0.0671. The van der Waals surface area contributed by atoms with Crippen molar-refractivity contribution in [1.29, 1.82) is 0 Å². The van der Waals surface area contributed by atoms with Crippen LogP contribution in [-0.2, 0) is 18.3 Å². The van der Waals surface area contributed by atoms with Gasteiger partial charge in [0.1, 0.15) is 11.3 Å². The monoisotopic (exact) mass is 307 g/mol. The van der Waals surface area contributed by atoms with Gasteiger partial charge in [0.25, 0.3) is 0 Å². The molecule has 0 saturated carbocycles. The topological polar surface area (TPSA) is 57.5 Å². The average molecular weight is 309 g/mol. The van der Waals surface area contributed by atoms with Crippen molar-refractivity contribution in [2.24, 2.45) is 0 Å². The molecular formula is C15H15O3Zn. The molecule has 0 heterocycles. The Bertz CT molecular complexity index is 524. The number of benzene rings is 2. The second-order valence-electron chi connectivity index (χ2n) is 4.13. The van der Waals surface area contributed by atoms with Gasteiger partial charge in [0.05, 0.1) is 0 Å². The van der Waals surface area contributed by atoms with Crippen molar-refractivity contribution in [3.8, 4) is 5.75 Å². The van der Waals surface area contributed by atoms with Gasteiger partial charge in [-0.15, -0.1) is 0 Å². The molecule has 95 valence electrons. The number of rotatable bonds is 2. The molecule has 0 aromatic heterocycles. The Balaban J connectivity index is 0.000000191. The molecule has 3 nitrogen and oxygen atoms in total. The number of hydrogen-bond acceptors (Lipinski definition) is 2. The number of para-hydroxylation sites is 1. The van der Waals surface area contributed by atoms with E-state index in [4.69, 9.17) is 10.2 Å². The van der Waals surface area contributed by atoms with E-state index < -0.39 is 5.97 Å². The van der Waals surface area contributed by atoms with Gasteiger partial charge < -0.3 is 10.2 Å². The number of aromatic hydroxyl groups is 1. The van der Waals surface area contributed by atoms with E-state index in [1.54, 1.807) is 12.1 Å². The van der Waals surface area contributed by atoms with Gasteiger partial charge in [-0.05, 0) is 12.1 Å². The SMILES string of the molecule is C[CH]([Zn])c1ccccc1.O=C(O)c1ccccc1O. The van der Waals surface area contributed by atoms with Gasteiger partial charge in [0, 0.05) is 0 Å². The Kier molecular flexibility index (Phi) is 6.24. The van der Waals surface area contributed by atoms with Crippen LogP contribution in [0.25, 0.3) is 0 Å². The summed E-state index contributed by atoms with van der Waals surface area (Å²) in [5.74, 6) is -1.31. The minimum atomic E-state index is -1.11. The first-order chi connectivity index (χ1) is 9.02. The van der Waals surface area contributed by atoms with E-state index in [1.807, 2.05) is 0 Å². The number of carboxylic acid groups (broad SMARTS) is 1. The Hall–Kier alpha value is -1.67. The van der Waals surface area contributed by atoms with Gasteiger partial charge in [-0.1, -0.05) is 12.1 Å². The Morgan fingerprint density at radius 3 is 1.95 bits per heavy atom. The molecule has 0 saturated heterocycles. The molecule has 2 aromatic carbocycles. The summed E-state index contributed by atoms with van der Waals surface area (Å²) in [4.78, 5) is 10.3. The molecule has 0 fully saturated rings. The zero-order valence-electron chi connectivity index (χ0n) is 10.8. The first kappa shape index (κ1) is 15.4. The fourth-order valence-corrected chi connectivity index (χ4v) is 2.01. The molecular weight excluding hydrogens is 294 g/mol. The predicted octanol–water partition coefficient (Wildman–Crippen LogP) is 3.38. The fraction of sp³-hybridized carbons (Fsp3) is 0.133. The van der Waals surface area contributed by atoms with Crippen molar-refractivity contribution in [2.45, 2.75) is 11.4 Å². The van der Waals surface area contributed by atoms with Crippen LogP contribution < -0.4 is 0 Å².